The first-order valence-corrected chi connectivity index (χ1v) is 4.31. The molecule has 0 heterocycles. The van der Waals surface area contributed by atoms with Crippen molar-refractivity contribution in [3.8, 4) is 0 Å². The Morgan fingerprint density at radius 3 is 2.55 bits per heavy atom. The van der Waals surface area contributed by atoms with Gasteiger partial charge in [0.2, 0.25) is 0 Å². The highest BCUT2D eigenvalue weighted by Crippen LogP contribution is 1.78. The van der Waals surface area contributed by atoms with E-state index in [4.69, 9.17) is 5.11 Å². The molecule has 0 amide bonds. The zero-order valence-electron chi connectivity index (χ0n) is 7.64. The summed E-state index contributed by atoms with van der Waals surface area (Å²) in [5, 5.41) is 11.9. The number of aliphatic hydroxyl groups is 1. The molecule has 0 aromatic heterocycles. The van der Waals surface area contributed by atoms with Gasteiger partial charge >= 0.3 is 0 Å². The van der Waals surface area contributed by atoms with Gasteiger partial charge in [-0.25, -0.2) is 0 Å². The smallest absolute Gasteiger partial charge is 0.0558 e. The minimum absolute atomic E-state index is 0.254. The van der Waals surface area contributed by atoms with Crippen molar-refractivity contribution in [2.75, 3.05) is 39.8 Å². The van der Waals surface area contributed by atoms with Crippen molar-refractivity contribution in [3.05, 3.63) is 0 Å². The molecule has 2 N–H and O–H groups in total. The first kappa shape index (κ1) is 10.9. The monoisotopic (exact) mass is 160 g/mol. The Bertz CT molecular complexity index is 78.5. The molecule has 11 heavy (non-hydrogen) atoms. The van der Waals surface area contributed by atoms with Crippen LogP contribution in [0.3, 0.4) is 0 Å². The van der Waals surface area contributed by atoms with Crippen molar-refractivity contribution in [2.45, 2.75) is 13.3 Å². The van der Waals surface area contributed by atoms with Crippen molar-refractivity contribution >= 4 is 0 Å². The Balaban J connectivity index is 2.97. The number of nitrogens with zero attached hydrogens (tertiary/aromatic N) is 1. The number of hydrogen-bond acceptors (Lipinski definition) is 3. The average molecular weight is 160 g/mol. The molecule has 0 aliphatic heterocycles. The summed E-state index contributed by atoms with van der Waals surface area (Å²) in [7, 11) is 2.02. The summed E-state index contributed by atoms with van der Waals surface area (Å²) in [5.41, 5.74) is 0. The molecule has 0 fully saturated rings. The average Bonchev–Trinajstić information content (AvgIpc) is 1.99. The second kappa shape index (κ2) is 7.98. The van der Waals surface area contributed by atoms with Gasteiger partial charge in [-0.1, -0.05) is 6.92 Å². The third-order valence-electron chi connectivity index (χ3n) is 1.58. The van der Waals surface area contributed by atoms with Gasteiger partial charge in [-0.3, -0.25) is 0 Å². The molecular weight excluding hydrogens is 140 g/mol. The Kier molecular flexibility index (Phi) is 7.89. The predicted molar refractivity (Wildman–Crippen MR) is 47.7 cm³/mol. The maximum Gasteiger partial charge on any atom is 0.0558 e. The highest BCUT2D eigenvalue weighted by Gasteiger charge is 1.94. The Morgan fingerprint density at radius 2 is 2.00 bits per heavy atom. The van der Waals surface area contributed by atoms with Gasteiger partial charge in [-0.2, -0.15) is 0 Å². The lowest BCUT2D eigenvalue weighted by molar-refractivity contribution is 0.222. The van der Waals surface area contributed by atoms with Crippen LogP contribution in [-0.2, 0) is 0 Å². The summed E-state index contributed by atoms with van der Waals surface area (Å²) in [4.78, 5) is 2.11. The van der Waals surface area contributed by atoms with E-state index in [1.54, 1.807) is 0 Å². The zero-order valence-corrected chi connectivity index (χ0v) is 7.64. The molecule has 0 rings (SSSR count). The lowest BCUT2D eigenvalue weighted by Crippen LogP contribution is -2.31. The predicted octanol–water partition coefficient (Wildman–Crippen LogP) is -0.0899. The fourth-order valence-electron chi connectivity index (χ4n) is 0.854. The summed E-state index contributed by atoms with van der Waals surface area (Å²) in [6.45, 7) is 6.31. The number of aliphatic hydroxyl groups excluding tert-OH is 1. The van der Waals surface area contributed by atoms with Gasteiger partial charge in [0.1, 0.15) is 0 Å². The van der Waals surface area contributed by atoms with Crippen molar-refractivity contribution < 1.29 is 5.11 Å². The standard InChI is InChI=1S/C8H20N2O/c1-3-4-9-5-6-10(2)7-8-11/h9,11H,3-8H2,1-2H3. The molecular formula is C8H20N2O. The first-order valence-electron chi connectivity index (χ1n) is 4.31. The van der Waals surface area contributed by atoms with E-state index in [9.17, 15) is 0 Å². The summed E-state index contributed by atoms with van der Waals surface area (Å²) >= 11 is 0. The van der Waals surface area contributed by atoms with Crippen molar-refractivity contribution in [1.29, 1.82) is 0 Å². The quantitative estimate of drug-likeness (QED) is 0.511. The van der Waals surface area contributed by atoms with Crippen molar-refractivity contribution in [2.24, 2.45) is 0 Å². The molecule has 3 nitrogen and oxygen atoms in total. The van der Waals surface area contributed by atoms with Crippen LogP contribution in [0.2, 0.25) is 0 Å². The fraction of sp³-hybridized carbons (Fsp3) is 1.00. The van der Waals surface area contributed by atoms with Gasteiger partial charge in [0.15, 0.2) is 0 Å². The Morgan fingerprint density at radius 1 is 1.27 bits per heavy atom. The van der Waals surface area contributed by atoms with Gasteiger partial charge < -0.3 is 15.3 Å². The Hall–Kier alpha value is -0.120. The van der Waals surface area contributed by atoms with Crippen LogP contribution in [0.1, 0.15) is 13.3 Å². The molecule has 0 spiro atoms. The summed E-state index contributed by atoms with van der Waals surface area (Å²) in [6.07, 6.45) is 1.18. The molecule has 0 saturated carbocycles. The highest BCUT2D eigenvalue weighted by atomic mass is 16.3. The normalized spacial score (nSPS) is 10.9. The van der Waals surface area contributed by atoms with Crippen LogP contribution in [0.5, 0.6) is 0 Å². The minimum Gasteiger partial charge on any atom is -0.395 e. The minimum atomic E-state index is 0.254. The number of rotatable bonds is 7. The number of hydrogen-bond donors (Lipinski definition) is 2. The maximum absolute atomic E-state index is 8.58. The van der Waals surface area contributed by atoms with E-state index in [-0.39, 0.29) is 6.61 Å². The molecule has 0 saturated heterocycles. The third-order valence-corrected chi connectivity index (χ3v) is 1.58. The van der Waals surface area contributed by atoms with Crippen LogP contribution >= 0.6 is 0 Å². The fourth-order valence-corrected chi connectivity index (χ4v) is 0.854. The molecule has 0 radical (unpaired) electrons. The molecule has 0 aliphatic carbocycles. The van der Waals surface area contributed by atoms with Crippen LogP contribution in [0.4, 0.5) is 0 Å². The van der Waals surface area contributed by atoms with Crippen molar-refractivity contribution in [1.82, 2.24) is 10.2 Å². The van der Waals surface area contributed by atoms with Crippen LogP contribution in [0, 0.1) is 0 Å². The lowest BCUT2D eigenvalue weighted by Gasteiger charge is -2.14. The molecule has 0 bridgehead atoms. The maximum atomic E-state index is 8.58. The van der Waals surface area contributed by atoms with Gasteiger partial charge in [-0.05, 0) is 20.0 Å². The van der Waals surface area contributed by atoms with E-state index >= 15 is 0 Å². The Labute approximate surface area is 69.4 Å². The molecule has 0 unspecified atom stereocenters. The molecule has 3 heteroatoms. The van der Waals surface area contributed by atoms with E-state index in [1.165, 1.54) is 6.42 Å². The van der Waals surface area contributed by atoms with E-state index < -0.39 is 0 Å². The van der Waals surface area contributed by atoms with E-state index in [0.717, 1.165) is 26.2 Å². The summed E-state index contributed by atoms with van der Waals surface area (Å²) in [5.74, 6) is 0. The second-order valence-corrected chi connectivity index (χ2v) is 2.78. The van der Waals surface area contributed by atoms with Crippen molar-refractivity contribution in [3.63, 3.8) is 0 Å². The van der Waals surface area contributed by atoms with Gasteiger partial charge in [0.25, 0.3) is 0 Å². The van der Waals surface area contributed by atoms with E-state index in [2.05, 4.69) is 17.1 Å². The van der Waals surface area contributed by atoms with Gasteiger partial charge in [-0.15, -0.1) is 0 Å². The van der Waals surface area contributed by atoms with Crippen LogP contribution in [0.25, 0.3) is 0 Å². The summed E-state index contributed by atoms with van der Waals surface area (Å²) < 4.78 is 0. The van der Waals surface area contributed by atoms with E-state index in [1.807, 2.05) is 7.05 Å². The molecule has 0 aliphatic rings. The first-order chi connectivity index (χ1) is 5.31. The third kappa shape index (κ3) is 7.78. The second-order valence-electron chi connectivity index (χ2n) is 2.78. The van der Waals surface area contributed by atoms with Crippen LogP contribution in [0.15, 0.2) is 0 Å². The van der Waals surface area contributed by atoms with Gasteiger partial charge in [0.05, 0.1) is 6.61 Å². The molecule has 0 aromatic carbocycles. The molecule has 0 aromatic rings. The highest BCUT2D eigenvalue weighted by molar-refractivity contribution is 4.52. The largest absolute Gasteiger partial charge is 0.395 e. The summed E-state index contributed by atoms with van der Waals surface area (Å²) in [6, 6.07) is 0. The number of likely N-dealkylation sites (N-methyl/N-ethyl adjacent to an activating group) is 1. The molecule has 68 valence electrons. The van der Waals surface area contributed by atoms with Crippen LogP contribution in [-0.4, -0.2) is 49.8 Å². The van der Waals surface area contributed by atoms with Crippen LogP contribution < -0.4 is 5.32 Å². The zero-order chi connectivity index (χ0) is 8.53. The molecule has 0 atom stereocenters. The van der Waals surface area contributed by atoms with Gasteiger partial charge in [0, 0.05) is 19.6 Å². The lowest BCUT2D eigenvalue weighted by atomic mass is 10.4. The number of nitrogens with one attached hydrogen (secondary N) is 1. The SMILES string of the molecule is CCCNCCN(C)CCO. The topological polar surface area (TPSA) is 35.5 Å². The van der Waals surface area contributed by atoms with E-state index in [0.29, 0.717) is 0 Å².